The zero-order valence-electron chi connectivity index (χ0n) is 16.2. The molecule has 3 heterocycles. The van der Waals surface area contributed by atoms with Gasteiger partial charge in [-0.25, -0.2) is 13.2 Å². The average Bonchev–Trinajstić information content (AvgIpc) is 3.19. The number of sulfone groups is 1. The lowest BCUT2D eigenvalue weighted by atomic mass is 10.1. The lowest BCUT2D eigenvalue weighted by Crippen LogP contribution is -2.20. The lowest BCUT2D eigenvalue weighted by molar-refractivity contribution is 0.0527. The first-order valence-electron chi connectivity index (χ1n) is 9.23. The van der Waals surface area contributed by atoms with Crippen molar-refractivity contribution in [3.05, 3.63) is 50.5 Å². The first-order chi connectivity index (χ1) is 14.2. The fraction of sp³-hybridized carbons (Fsp3) is 0.300. The summed E-state index contributed by atoms with van der Waals surface area (Å²) >= 11 is 7.24. The monoisotopic (exact) mass is 467 g/mol. The summed E-state index contributed by atoms with van der Waals surface area (Å²) in [5, 5.41) is 4.08. The predicted molar refractivity (Wildman–Crippen MR) is 115 cm³/mol. The molecule has 30 heavy (non-hydrogen) atoms. The Kier molecular flexibility index (Phi) is 5.37. The number of aryl methyl sites for hydroxylation is 1. The number of rotatable bonds is 4. The van der Waals surface area contributed by atoms with Crippen LogP contribution in [0.3, 0.4) is 0 Å². The molecule has 10 heteroatoms. The van der Waals surface area contributed by atoms with Crippen LogP contribution >= 0.6 is 22.9 Å². The van der Waals surface area contributed by atoms with Crippen molar-refractivity contribution in [1.82, 2.24) is 0 Å². The summed E-state index contributed by atoms with van der Waals surface area (Å²) in [5.74, 6) is -1.26. The minimum atomic E-state index is -3.23. The number of para-hydroxylation sites is 1. The third-order valence-corrected chi connectivity index (χ3v) is 8.12. The van der Waals surface area contributed by atoms with Crippen LogP contribution in [0.25, 0.3) is 11.0 Å². The fourth-order valence-corrected chi connectivity index (χ4v) is 6.76. The highest BCUT2D eigenvalue weighted by atomic mass is 35.5. The molecule has 0 radical (unpaired) electrons. The normalized spacial score (nSPS) is 15.0. The van der Waals surface area contributed by atoms with Crippen molar-refractivity contribution >= 4 is 60.6 Å². The molecule has 1 N–H and O–H groups in total. The molecule has 1 amide bonds. The SMILES string of the molecule is CCOC(=O)c1c(NC(=O)c2oc3c(Cl)cccc3c2C)sc2c1CCS(=O)(=O)C2. The van der Waals surface area contributed by atoms with Gasteiger partial charge in [-0.3, -0.25) is 4.79 Å². The average molecular weight is 468 g/mol. The second kappa shape index (κ2) is 7.72. The molecule has 0 fully saturated rings. The summed E-state index contributed by atoms with van der Waals surface area (Å²) in [4.78, 5) is 26.1. The Morgan fingerprint density at radius 2 is 2.10 bits per heavy atom. The van der Waals surface area contributed by atoms with Crippen molar-refractivity contribution in [3.63, 3.8) is 0 Å². The van der Waals surface area contributed by atoms with Gasteiger partial charge in [0.2, 0.25) is 0 Å². The molecule has 0 bridgehead atoms. The predicted octanol–water partition coefficient (Wildman–Crippen LogP) is 4.36. The van der Waals surface area contributed by atoms with E-state index in [4.69, 9.17) is 20.8 Å². The Labute approximate surface area is 181 Å². The number of ether oxygens (including phenoxy) is 1. The molecule has 3 aromatic rings. The van der Waals surface area contributed by atoms with Gasteiger partial charge in [-0.05, 0) is 31.9 Å². The van der Waals surface area contributed by atoms with E-state index in [0.29, 0.717) is 26.6 Å². The van der Waals surface area contributed by atoms with E-state index in [9.17, 15) is 18.0 Å². The van der Waals surface area contributed by atoms with Gasteiger partial charge in [-0.2, -0.15) is 0 Å². The molecule has 0 atom stereocenters. The number of benzene rings is 1. The summed E-state index contributed by atoms with van der Waals surface area (Å²) in [6.45, 7) is 3.59. The van der Waals surface area contributed by atoms with Crippen LogP contribution in [0.5, 0.6) is 0 Å². The van der Waals surface area contributed by atoms with E-state index in [1.165, 1.54) is 0 Å². The highest BCUT2D eigenvalue weighted by Crippen LogP contribution is 2.39. The Balaban J connectivity index is 1.75. The Hall–Kier alpha value is -2.36. The Morgan fingerprint density at radius 1 is 1.33 bits per heavy atom. The topological polar surface area (TPSA) is 103 Å². The number of hydrogen-bond donors (Lipinski definition) is 1. The Morgan fingerprint density at radius 3 is 2.80 bits per heavy atom. The smallest absolute Gasteiger partial charge is 0.341 e. The van der Waals surface area contributed by atoms with Gasteiger partial charge >= 0.3 is 5.97 Å². The number of fused-ring (bicyclic) bond motifs is 2. The third-order valence-electron chi connectivity index (χ3n) is 4.93. The number of esters is 1. The molecule has 4 rings (SSSR count). The summed E-state index contributed by atoms with van der Waals surface area (Å²) in [5.41, 5.74) is 1.86. The molecule has 1 aliphatic rings. The van der Waals surface area contributed by atoms with Crippen LogP contribution in [0.2, 0.25) is 5.02 Å². The molecule has 1 aliphatic heterocycles. The maximum atomic E-state index is 13.0. The molecule has 0 saturated carbocycles. The van der Waals surface area contributed by atoms with Gasteiger partial charge in [0.25, 0.3) is 5.91 Å². The largest absolute Gasteiger partial charge is 0.462 e. The quantitative estimate of drug-likeness (QED) is 0.572. The number of hydrogen-bond acceptors (Lipinski definition) is 7. The van der Waals surface area contributed by atoms with Gasteiger partial charge in [-0.15, -0.1) is 11.3 Å². The van der Waals surface area contributed by atoms with Crippen molar-refractivity contribution in [2.75, 3.05) is 17.7 Å². The summed E-state index contributed by atoms with van der Waals surface area (Å²) in [6.07, 6.45) is 0.206. The number of carbonyl (C=O) groups excluding carboxylic acids is 2. The summed E-state index contributed by atoms with van der Waals surface area (Å²) in [6, 6.07) is 5.23. The number of nitrogens with one attached hydrogen (secondary N) is 1. The van der Waals surface area contributed by atoms with Crippen LogP contribution in [0.15, 0.2) is 22.6 Å². The number of carbonyl (C=O) groups is 2. The number of furan rings is 1. The van der Waals surface area contributed by atoms with Gasteiger partial charge in [-0.1, -0.05) is 23.7 Å². The van der Waals surface area contributed by atoms with Gasteiger partial charge in [0.15, 0.2) is 21.2 Å². The zero-order chi connectivity index (χ0) is 21.6. The molecule has 0 saturated heterocycles. The van der Waals surface area contributed by atoms with Crippen molar-refractivity contribution in [2.24, 2.45) is 0 Å². The van der Waals surface area contributed by atoms with Crippen LogP contribution in [-0.4, -0.2) is 32.7 Å². The van der Waals surface area contributed by atoms with E-state index in [0.717, 1.165) is 16.7 Å². The van der Waals surface area contributed by atoms with E-state index in [1.54, 1.807) is 32.0 Å². The minimum Gasteiger partial charge on any atom is -0.462 e. The van der Waals surface area contributed by atoms with Crippen LogP contribution in [0.4, 0.5) is 5.00 Å². The van der Waals surface area contributed by atoms with Gasteiger partial charge in [0.1, 0.15) is 5.00 Å². The lowest BCUT2D eigenvalue weighted by Gasteiger charge is -2.13. The molecule has 0 aliphatic carbocycles. The highest BCUT2D eigenvalue weighted by Gasteiger charge is 2.32. The summed E-state index contributed by atoms with van der Waals surface area (Å²) < 4.78 is 34.9. The van der Waals surface area contributed by atoms with Crippen molar-refractivity contribution in [2.45, 2.75) is 26.0 Å². The first kappa shape index (κ1) is 20.9. The van der Waals surface area contributed by atoms with E-state index in [1.807, 2.05) is 0 Å². The standard InChI is InChI=1S/C20H18ClNO6S2/c1-3-27-20(24)15-12-7-8-30(25,26)9-14(12)29-19(15)22-18(23)16-10(2)11-5-4-6-13(21)17(11)28-16/h4-6H,3,7-9H2,1-2H3,(H,22,23). The van der Waals surface area contributed by atoms with E-state index >= 15 is 0 Å². The summed E-state index contributed by atoms with van der Waals surface area (Å²) in [7, 11) is -3.23. The third kappa shape index (κ3) is 3.61. The van der Waals surface area contributed by atoms with Gasteiger partial charge in [0, 0.05) is 15.8 Å². The number of amides is 1. The molecular formula is C20H18ClNO6S2. The van der Waals surface area contributed by atoms with E-state index < -0.39 is 21.7 Å². The molecule has 7 nitrogen and oxygen atoms in total. The van der Waals surface area contributed by atoms with Crippen molar-refractivity contribution in [1.29, 1.82) is 0 Å². The maximum Gasteiger partial charge on any atom is 0.341 e. The van der Waals surface area contributed by atoms with Crippen LogP contribution < -0.4 is 5.32 Å². The second-order valence-corrected chi connectivity index (χ2v) is 10.6. The molecule has 158 valence electrons. The molecular weight excluding hydrogens is 450 g/mol. The number of thiophene rings is 1. The van der Waals surface area contributed by atoms with Gasteiger partial charge < -0.3 is 14.5 Å². The van der Waals surface area contributed by atoms with Crippen molar-refractivity contribution in [3.8, 4) is 0 Å². The Bertz CT molecular complexity index is 1290. The zero-order valence-corrected chi connectivity index (χ0v) is 18.6. The van der Waals surface area contributed by atoms with Crippen LogP contribution in [-0.2, 0) is 26.7 Å². The van der Waals surface area contributed by atoms with E-state index in [2.05, 4.69) is 5.32 Å². The maximum absolute atomic E-state index is 13.0. The van der Waals surface area contributed by atoms with Gasteiger partial charge in [0.05, 0.1) is 28.7 Å². The van der Waals surface area contributed by atoms with Crippen molar-refractivity contribution < 1.29 is 27.2 Å². The van der Waals surface area contributed by atoms with E-state index in [-0.39, 0.29) is 40.9 Å². The minimum absolute atomic E-state index is 0.0439. The second-order valence-electron chi connectivity index (χ2n) is 6.90. The fourth-order valence-electron chi connectivity index (χ4n) is 3.52. The number of anilines is 1. The highest BCUT2D eigenvalue weighted by molar-refractivity contribution is 7.90. The van der Waals surface area contributed by atoms with Crippen LogP contribution in [0, 0.1) is 6.92 Å². The molecule has 0 unspecified atom stereocenters. The molecule has 2 aromatic heterocycles. The molecule has 1 aromatic carbocycles. The first-order valence-corrected chi connectivity index (χ1v) is 12.2. The van der Waals surface area contributed by atoms with Crippen LogP contribution in [0.1, 0.15) is 43.8 Å². The molecule has 0 spiro atoms. The number of halogens is 1.